The van der Waals surface area contributed by atoms with Crippen molar-refractivity contribution in [1.29, 1.82) is 0 Å². The quantitative estimate of drug-likeness (QED) is 0.663. The minimum atomic E-state index is -4.92. The van der Waals surface area contributed by atoms with E-state index in [0.29, 0.717) is 28.3 Å². The molecule has 2 aromatic rings. The first-order valence-corrected chi connectivity index (χ1v) is 7.65. The number of halogens is 4. The third-order valence-corrected chi connectivity index (χ3v) is 4.12. The number of carbonyl (C=O) groups is 2. The van der Waals surface area contributed by atoms with Gasteiger partial charge in [-0.15, -0.1) is 11.6 Å². The van der Waals surface area contributed by atoms with Crippen LogP contribution in [-0.4, -0.2) is 30.5 Å². The molecular formula is C16H12ClF3N2O2. The molecule has 4 nitrogen and oxygen atoms in total. The van der Waals surface area contributed by atoms with Gasteiger partial charge in [-0.25, -0.2) is 0 Å². The number of fused-ring (bicyclic) bond motifs is 3. The van der Waals surface area contributed by atoms with E-state index in [1.54, 1.807) is 24.3 Å². The maximum Gasteiger partial charge on any atom is 0.471 e. The summed E-state index contributed by atoms with van der Waals surface area (Å²) < 4.78 is 38.1. The number of amides is 2. The number of nitrogens with one attached hydrogen (secondary N) is 1. The van der Waals surface area contributed by atoms with E-state index < -0.39 is 12.1 Å². The van der Waals surface area contributed by atoms with E-state index in [1.165, 1.54) is 6.07 Å². The number of anilines is 1. The van der Waals surface area contributed by atoms with Crippen LogP contribution in [0.4, 0.5) is 18.9 Å². The average Bonchev–Trinajstić information content (AvgIpc) is 2.97. The fourth-order valence-electron chi connectivity index (χ4n) is 2.99. The van der Waals surface area contributed by atoms with Crippen molar-refractivity contribution in [2.75, 3.05) is 17.4 Å². The molecule has 0 aromatic heterocycles. The fraction of sp³-hybridized carbons (Fsp3) is 0.250. The summed E-state index contributed by atoms with van der Waals surface area (Å²) >= 11 is 5.51. The summed E-state index contributed by atoms with van der Waals surface area (Å²) in [4.78, 5) is 24.3. The van der Waals surface area contributed by atoms with Crippen molar-refractivity contribution in [3.8, 4) is 0 Å². The molecular weight excluding hydrogens is 345 g/mol. The van der Waals surface area contributed by atoms with Crippen LogP contribution >= 0.6 is 11.6 Å². The Balaban J connectivity index is 2.10. The van der Waals surface area contributed by atoms with Gasteiger partial charge in [0.05, 0.1) is 6.00 Å². The van der Waals surface area contributed by atoms with Crippen molar-refractivity contribution < 1.29 is 22.8 Å². The third kappa shape index (κ3) is 2.69. The van der Waals surface area contributed by atoms with Crippen LogP contribution in [-0.2, 0) is 11.2 Å². The summed E-state index contributed by atoms with van der Waals surface area (Å²) in [5, 5.41) is 3.75. The Morgan fingerprint density at radius 1 is 1.17 bits per heavy atom. The third-order valence-electron chi connectivity index (χ3n) is 3.98. The molecule has 0 atom stereocenters. The first-order valence-electron chi connectivity index (χ1n) is 7.12. The Bertz CT molecular complexity index is 836. The first-order chi connectivity index (χ1) is 11.3. The van der Waals surface area contributed by atoms with Crippen molar-refractivity contribution in [1.82, 2.24) is 5.32 Å². The van der Waals surface area contributed by atoms with Gasteiger partial charge in [0, 0.05) is 17.8 Å². The second-order valence-corrected chi connectivity index (χ2v) is 5.58. The molecule has 0 saturated carbocycles. The molecule has 0 aliphatic carbocycles. The SMILES string of the molecule is O=C(NCCl)c1cccc2c3c(ccc12)N(C(=O)C(F)(F)F)CC3. The predicted octanol–water partition coefficient (Wildman–Crippen LogP) is 3.22. The van der Waals surface area contributed by atoms with E-state index in [1.807, 2.05) is 0 Å². The highest BCUT2D eigenvalue weighted by Gasteiger charge is 2.44. The van der Waals surface area contributed by atoms with Crippen LogP contribution in [0.2, 0.25) is 0 Å². The predicted molar refractivity (Wildman–Crippen MR) is 84.2 cm³/mol. The van der Waals surface area contributed by atoms with E-state index in [4.69, 9.17) is 11.6 Å². The van der Waals surface area contributed by atoms with E-state index in [0.717, 1.165) is 4.90 Å². The molecule has 24 heavy (non-hydrogen) atoms. The number of rotatable bonds is 2. The molecule has 2 aromatic carbocycles. The first kappa shape index (κ1) is 16.6. The minimum Gasteiger partial charge on any atom is -0.338 e. The Labute approximate surface area is 140 Å². The summed E-state index contributed by atoms with van der Waals surface area (Å²) in [6, 6.07) is 7.95. The topological polar surface area (TPSA) is 49.4 Å². The van der Waals surface area contributed by atoms with Gasteiger partial charge in [0.1, 0.15) is 0 Å². The van der Waals surface area contributed by atoms with Crippen molar-refractivity contribution in [3.63, 3.8) is 0 Å². The van der Waals surface area contributed by atoms with Gasteiger partial charge in [-0.1, -0.05) is 18.2 Å². The molecule has 3 rings (SSSR count). The molecule has 0 unspecified atom stereocenters. The van der Waals surface area contributed by atoms with E-state index in [-0.39, 0.29) is 24.1 Å². The maximum absolute atomic E-state index is 12.7. The van der Waals surface area contributed by atoms with Gasteiger partial charge < -0.3 is 10.2 Å². The summed E-state index contributed by atoms with van der Waals surface area (Å²) in [6.45, 7) is -0.0368. The number of hydrogen-bond acceptors (Lipinski definition) is 2. The highest BCUT2D eigenvalue weighted by Crippen LogP contribution is 2.37. The average molecular weight is 357 g/mol. The van der Waals surface area contributed by atoms with Gasteiger partial charge in [0.25, 0.3) is 5.91 Å². The zero-order valence-corrected chi connectivity index (χ0v) is 13.0. The normalized spacial score (nSPS) is 13.9. The van der Waals surface area contributed by atoms with Crippen LogP contribution in [0.5, 0.6) is 0 Å². The Hall–Kier alpha value is -2.28. The van der Waals surface area contributed by atoms with Crippen LogP contribution in [0.3, 0.4) is 0 Å². The maximum atomic E-state index is 12.7. The van der Waals surface area contributed by atoms with Gasteiger partial charge in [-0.3, -0.25) is 9.59 Å². The number of nitrogens with zero attached hydrogens (tertiary/aromatic N) is 1. The molecule has 1 aliphatic rings. The highest BCUT2D eigenvalue weighted by molar-refractivity contribution is 6.19. The number of hydrogen-bond donors (Lipinski definition) is 1. The summed E-state index contributed by atoms with van der Waals surface area (Å²) in [7, 11) is 0. The van der Waals surface area contributed by atoms with Crippen LogP contribution in [0.25, 0.3) is 10.8 Å². The number of alkyl halides is 4. The van der Waals surface area contributed by atoms with Crippen LogP contribution in [0.1, 0.15) is 15.9 Å². The lowest BCUT2D eigenvalue weighted by atomic mass is 9.98. The Morgan fingerprint density at radius 2 is 1.92 bits per heavy atom. The summed E-state index contributed by atoms with van der Waals surface area (Å²) in [6.07, 6.45) is -4.62. The molecule has 0 radical (unpaired) electrons. The Kier molecular flexibility index (Phi) is 4.13. The molecule has 0 fully saturated rings. The van der Waals surface area contributed by atoms with Crippen molar-refractivity contribution in [2.24, 2.45) is 0 Å². The number of benzene rings is 2. The van der Waals surface area contributed by atoms with Gasteiger partial charge in [-0.2, -0.15) is 13.2 Å². The molecule has 0 spiro atoms. The van der Waals surface area contributed by atoms with Crippen LogP contribution < -0.4 is 10.2 Å². The monoisotopic (exact) mass is 356 g/mol. The van der Waals surface area contributed by atoms with Crippen molar-refractivity contribution in [3.05, 3.63) is 41.5 Å². The Morgan fingerprint density at radius 3 is 2.58 bits per heavy atom. The van der Waals surface area contributed by atoms with Gasteiger partial charge in [0.2, 0.25) is 0 Å². The largest absolute Gasteiger partial charge is 0.471 e. The molecule has 8 heteroatoms. The minimum absolute atomic E-state index is 0.0368. The molecule has 1 aliphatic heterocycles. The fourth-order valence-corrected chi connectivity index (χ4v) is 3.11. The second-order valence-electron chi connectivity index (χ2n) is 5.31. The highest BCUT2D eigenvalue weighted by atomic mass is 35.5. The molecule has 1 heterocycles. The van der Waals surface area contributed by atoms with Gasteiger partial charge in [0.15, 0.2) is 0 Å². The standard InChI is InChI=1S/C16H12ClF3N2O2/c17-8-21-14(23)12-3-1-2-9-10(12)4-5-13-11(9)6-7-22(13)15(24)16(18,19)20/h1-5H,6-8H2,(H,21,23). The van der Waals surface area contributed by atoms with Crippen LogP contribution in [0, 0.1) is 0 Å². The van der Waals surface area contributed by atoms with E-state index in [2.05, 4.69) is 5.32 Å². The molecule has 1 N–H and O–H groups in total. The summed E-state index contributed by atoms with van der Waals surface area (Å²) in [5.41, 5.74) is 1.25. The van der Waals surface area contributed by atoms with E-state index in [9.17, 15) is 22.8 Å². The lowest BCUT2D eigenvalue weighted by molar-refractivity contribution is -0.170. The number of carbonyl (C=O) groups excluding carboxylic acids is 2. The van der Waals surface area contributed by atoms with Crippen molar-refractivity contribution >= 4 is 39.9 Å². The van der Waals surface area contributed by atoms with Crippen LogP contribution in [0.15, 0.2) is 30.3 Å². The zero-order valence-electron chi connectivity index (χ0n) is 12.3. The smallest absolute Gasteiger partial charge is 0.338 e. The van der Waals surface area contributed by atoms with Crippen molar-refractivity contribution in [2.45, 2.75) is 12.6 Å². The summed E-state index contributed by atoms with van der Waals surface area (Å²) in [5.74, 6) is -2.24. The van der Waals surface area contributed by atoms with Gasteiger partial charge in [-0.05, 0) is 34.9 Å². The molecule has 2 amide bonds. The molecule has 0 bridgehead atoms. The second kappa shape index (κ2) is 5.98. The molecule has 126 valence electrons. The van der Waals surface area contributed by atoms with Gasteiger partial charge >= 0.3 is 12.1 Å². The van der Waals surface area contributed by atoms with E-state index >= 15 is 0 Å². The lowest BCUT2D eigenvalue weighted by Gasteiger charge is -2.19. The lowest BCUT2D eigenvalue weighted by Crippen LogP contribution is -2.40. The zero-order chi connectivity index (χ0) is 17.5. The molecule has 0 saturated heterocycles.